The van der Waals surface area contributed by atoms with E-state index in [9.17, 15) is 4.79 Å². The molecule has 0 spiro atoms. The van der Waals surface area contributed by atoms with Crippen molar-refractivity contribution in [1.82, 2.24) is 4.90 Å². The Balaban J connectivity index is 1.79. The summed E-state index contributed by atoms with van der Waals surface area (Å²) in [7, 11) is 3.66. The van der Waals surface area contributed by atoms with Gasteiger partial charge in [-0.05, 0) is 43.3 Å². The van der Waals surface area contributed by atoms with E-state index in [-0.39, 0.29) is 5.78 Å². The average Bonchev–Trinajstić information content (AvgIpc) is 2.64. The monoisotopic (exact) mass is 351 g/mol. The number of hydrogen-bond acceptors (Lipinski definition) is 4. The van der Waals surface area contributed by atoms with Crippen molar-refractivity contribution in [1.29, 1.82) is 0 Å². The van der Waals surface area contributed by atoms with Crippen molar-refractivity contribution in [3.63, 3.8) is 0 Å². The van der Waals surface area contributed by atoms with Gasteiger partial charge < -0.3 is 14.4 Å². The molecule has 2 aromatic rings. The lowest BCUT2D eigenvalue weighted by atomic mass is 10.0. The van der Waals surface area contributed by atoms with Gasteiger partial charge in [-0.15, -0.1) is 0 Å². The first-order chi connectivity index (χ1) is 12.5. The van der Waals surface area contributed by atoms with Crippen molar-refractivity contribution in [2.75, 3.05) is 27.2 Å². The number of ether oxygens (including phenoxy) is 2. The van der Waals surface area contributed by atoms with Crippen LogP contribution in [0.15, 0.2) is 48.0 Å². The number of carbonyl (C=O) groups excluding carboxylic acids is 1. The molecule has 0 amide bonds. The predicted octanol–water partition coefficient (Wildman–Crippen LogP) is 3.87. The molecular formula is C22H25NO3. The number of nitrogens with zero attached hydrogens (tertiary/aromatic N) is 1. The van der Waals surface area contributed by atoms with Gasteiger partial charge in [0.1, 0.15) is 6.61 Å². The zero-order valence-electron chi connectivity index (χ0n) is 15.6. The molecule has 0 N–H and O–H groups in total. The number of benzene rings is 2. The van der Waals surface area contributed by atoms with Gasteiger partial charge in [0, 0.05) is 25.1 Å². The van der Waals surface area contributed by atoms with E-state index in [4.69, 9.17) is 9.47 Å². The van der Waals surface area contributed by atoms with E-state index in [2.05, 4.69) is 36.1 Å². The number of hydrogen-bond donors (Lipinski definition) is 0. The lowest BCUT2D eigenvalue weighted by Gasteiger charge is -2.23. The highest BCUT2D eigenvalue weighted by atomic mass is 16.5. The zero-order chi connectivity index (χ0) is 18.5. The van der Waals surface area contributed by atoms with E-state index in [0.717, 1.165) is 23.2 Å². The van der Waals surface area contributed by atoms with Gasteiger partial charge in [-0.1, -0.05) is 35.9 Å². The fourth-order valence-electron chi connectivity index (χ4n) is 2.98. The maximum absolute atomic E-state index is 12.1. The molecule has 1 aliphatic rings. The third-order valence-electron chi connectivity index (χ3n) is 4.56. The highest BCUT2D eigenvalue weighted by molar-refractivity contribution is 6.00. The van der Waals surface area contributed by atoms with Crippen LogP contribution in [0.25, 0.3) is 6.08 Å². The van der Waals surface area contributed by atoms with Gasteiger partial charge in [0.15, 0.2) is 17.3 Å². The first-order valence-electron chi connectivity index (χ1n) is 8.84. The smallest absolute Gasteiger partial charge is 0.162 e. The molecule has 4 nitrogen and oxygen atoms in total. The molecule has 0 saturated carbocycles. The third-order valence-corrected chi connectivity index (χ3v) is 4.56. The van der Waals surface area contributed by atoms with Gasteiger partial charge in [0.05, 0.1) is 7.11 Å². The first kappa shape index (κ1) is 18.2. The van der Waals surface area contributed by atoms with Gasteiger partial charge in [0.25, 0.3) is 0 Å². The zero-order valence-corrected chi connectivity index (χ0v) is 15.6. The fourth-order valence-corrected chi connectivity index (χ4v) is 2.98. The van der Waals surface area contributed by atoms with Crippen molar-refractivity contribution in [3.05, 3.63) is 64.7 Å². The Morgan fingerprint density at radius 2 is 1.88 bits per heavy atom. The number of methoxy groups -OCH3 is 1. The van der Waals surface area contributed by atoms with Crippen LogP contribution >= 0.6 is 0 Å². The molecule has 0 radical (unpaired) electrons. The number of ketones is 1. The van der Waals surface area contributed by atoms with Crippen LogP contribution in [0.3, 0.4) is 0 Å². The Bertz CT molecular complexity index is 809. The molecule has 1 fully saturated rings. The molecule has 2 aromatic carbocycles. The number of carbonyl (C=O) groups is 1. The van der Waals surface area contributed by atoms with Crippen molar-refractivity contribution >= 4 is 11.9 Å². The SMILES string of the molecule is COc1ccc(/C=C2\CN(C)CCC2=O)cc1OCc1ccc(C)cc1. The van der Waals surface area contributed by atoms with Crippen LogP contribution in [-0.2, 0) is 11.4 Å². The van der Waals surface area contributed by atoms with Gasteiger partial charge in [-0.2, -0.15) is 0 Å². The standard InChI is InChI=1S/C22H25NO3/c1-16-4-6-17(7-5-16)15-26-22-13-18(8-9-21(22)25-3)12-19-14-23(2)11-10-20(19)24/h4-9,12-13H,10-11,14-15H2,1-3H3/b19-12+. The highest BCUT2D eigenvalue weighted by Crippen LogP contribution is 2.30. The van der Waals surface area contributed by atoms with Crippen molar-refractivity contribution in [2.45, 2.75) is 20.0 Å². The molecule has 1 heterocycles. The fraction of sp³-hybridized carbons (Fsp3) is 0.318. The van der Waals surface area contributed by atoms with E-state index in [1.54, 1.807) is 7.11 Å². The number of likely N-dealkylation sites (N-methyl/N-ethyl adjacent to an activating group) is 1. The normalized spacial score (nSPS) is 16.7. The number of rotatable bonds is 5. The Kier molecular flexibility index (Phi) is 5.74. The Hall–Kier alpha value is -2.59. The second-order valence-electron chi connectivity index (χ2n) is 6.77. The lowest BCUT2D eigenvalue weighted by molar-refractivity contribution is -0.117. The molecular weight excluding hydrogens is 326 g/mol. The molecule has 0 bridgehead atoms. The van der Waals surface area contributed by atoms with Crippen molar-refractivity contribution in [3.8, 4) is 11.5 Å². The lowest BCUT2D eigenvalue weighted by Crippen LogP contribution is -2.32. The summed E-state index contributed by atoms with van der Waals surface area (Å²) in [6, 6.07) is 14.0. The van der Waals surface area contributed by atoms with E-state index in [1.807, 2.05) is 31.3 Å². The summed E-state index contributed by atoms with van der Waals surface area (Å²) in [6.07, 6.45) is 2.53. The van der Waals surface area contributed by atoms with Gasteiger partial charge in [-0.25, -0.2) is 0 Å². The van der Waals surface area contributed by atoms with Crippen molar-refractivity contribution < 1.29 is 14.3 Å². The van der Waals surface area contributed by atoms with E-state index in [1.165, 1.54) is 5.56 Å². The first-order valence-corrected chi connectivity index (χ1v) is 8.84. The molecule has 4 heteroatoms. The van der Waals surface area contributed by atoms with E-state index >= 15 is 0 Å². The summed E-state index contributed by atoms with van der Waals surface area (Å²) in [5.74, 6) is 1.59. The number of aryl methyl sites for hydroxylation is 1. The van der Waals surface area contributed by atoms with E-state index < -0.39 is 0 Å². The second-order valence-corrected chi connectivity index (χ2v) is 6.77. The third kappa shape index (κ3) is 4.52. The number of piperidine rings is 1. The molecule has 0 atom stereocenters. The number of Topliss-reactive ketones (excluding diaryl/α,β-unsaturated/α-hetero) is 1. The van der Waals surface area contributed by atoms with Crippen LogP contribution in [0.1, 0.15) is 23.1 Å². The van der Waals surface area contributed by atoms with Gasteiger partial charge in [-0.3, -0.25) is 4.79 Å². The maximum atomic E-state index is 12.1. The summed E-state index contributed by atoms with van der Waals surface area (Å²) < 4.78 is 11.4. The van der Waals surface area contributed by atoms with Crippen molar-refractivity contribution in [2.24, 2.45) is 0 Å². The van der Waals surface area contributed by atoms with Gasteiger partial charge in [0.2, 0.25) is 0 Å². The molecule has 0 aromatic heterocycles. The Labute approximate surface area is 155 Å². The van der Waals surface area contributed by atoms with Gasteiger partial charge >= 0.3 is 0 Å². The Morgan fingerprint density at radius 1 is 1.12 bits per heavy atom. The Morgan fingerprint density at radius 3 is 2.62 bits per heavy atom. The molecule has 26 heavy (non-hydrogen) atoms. The number of likely N-dealkylation sites (tertiary alicyclic amines) is 1. The molecule has 1 aliphatic heterocycles. The topological polar surface area (TPSA) is 38.8 Å². The van der Waals surface area contributed by atoms with E-state index in [0.29, 0.717) is 31.1 Å². The summed E-state index contributed by atoms with van der Waals surface area (Å²) in [6.45, 7) is 4.04. The largest absolute Gasteiger partial charge is 0.493 e. The quantitative estimate of drug-likeness (QED) is 0.767. The minimum absolute atomic E-state index is 0.223. The van der Waals surface area contributed by atoms with Crippen LogP contribution < -0.4 is 9.47 Å². The van der Waals surface area contributed by atoms with Crippen LogP contribution in [-0.4, -0.2) is 37.9 Å². The second kappa shape index (κ2) is 8.19. The predicted molar refractivity (Wildman–Crippen MR) is 104 cm³/mol. The van der Waals surface area contributed by atoms with Crippen LogP contribution in [0.4, 0.5) is 0 Å². The summed E-state index contributed by atoms with van der Waals surface area (Å²) in [5, 5.41) is 0. The molecule has 0 aliphatic carbocycles. The summed E-state index contributed by atoms with van der Waals surface area (Å²) >= 11 is 0. The summed E-state index contributed by atoms with van der Waals surface area (Å²) in [4.78, 5) is 14.3. The minimum Gasteiger partial charge on any atom is -0.493 e. The molecule has 3 rings (SSSR count). The molecule has 0 unspecified atom stereocenters. The minimum atomic E-state index is 0.223. The molecule has 1 saturated heterocycles. The van der Waals surface area contributed by atoms with Crippen LogP contribution in [0, 0.1) is 6.92 Å². The average molecular weight is 351 g/mol. The highest BCUT2D eigenvalue weighted by Gasteiger charge is 2.18. The summed E-state index contributed by atoms with van der Waals surface area (Å²) in [5.41, 5.74) is 4.12. The van der Waals surface area contributed by atoms with Crippen LogP contribution in [0.5, 0.6) is 11.5 Å². The maximum Gasteiger partial charge on any atom is 0.162 e. The van der Waals surface area contributed by atoms with Crippen LogP contribution in [0.2, 0.25) is 0 Å². The molecule has 136 valence electrons.